The monoisotopic (exact) mass is 241 g/mol. The van der Waals surface area contributed by atoms with Crippen LogP contribution in [0.2, 0.25) is 0 Å². The lowest BCUT2D eigenvalue weighted by Gasteiger charge is -2.34. The zero-order chi connectivity index (χ0) is 12.5. The van der Waals surface area contributed by atoms with E-state index in [9.17, 15) is 4.79 Å². The van der Waals surface area contributed by atoms with Gasteiger partial charge in [-0.3, -0.25) is 4.79 Å². The van der Waals surface area contributed by atoms with E-state index in [0.29, 0.717) is 12.3 Å². The molecule has 1 unspecified atom stereocenters. The van der Waals surface area contributed by atoms with Crippen molar-refractivity contribution in [2.45, 2.75) is 25.9 Å². The van der Waals surface area contributed by atoms with Crippen molar-refractivity contribution < 1.29 is 9.21 Å². The number of hydrogen-bond acceptors (Lipinski definition) is 2. The average molecular weight is 241 g/mol. The lowest BCUT2D eigenvalue weighted by atomic mass is 9.95. The van der Waals surface area contributed by atoms with Crippen LogP contribution in [0.3, 0.4) is 0 Å². The van der Waals surface area contributed by atoms with E-state index in [1.54, 1.807) is 12.1 Å². The number of rotatable bonds is 1. The summed E-state index contributed by atoms with van der Waals surface area (Å²) in [6.45, 7) is 2.74. The smallest absolute Gasteiger partial charge is 0.290 e. The van der Waals surface area contributed by atoms with Crippen molar-refractivity contribution in [3.63, 3.8) is 0 Å². The van der Waals surface area contributed by atoms with Gasteiger partial charge < -0.3 is 9.32 Å². The Hall–Kier alpha value is -2.03. The van der Waals surface area contributed by atoms with Gasteiger partial charge >= 0.3 is 0 Å². The Balaban J connectivity index is 1.89. The first kappa shape index (κ1) is 11.1. The summed E-state index contributed by atoms with van der Waals surface area (Å²) in [5.41, 5.74) is 2.57. The largest absolute Gasteiger partial charge is 0.459 e. The molecule has 2 heterocycles. The molecular weight excluding hydrogens is 226 g/mol. The summed E-state index contributed by atoms with van der Waals surface area (Å²) in [5, 5.41) is 0. The van der Waals surface area contributed by atoms with Crippen molar-refractivity contribution in [2.75, 3.05) is 0 Å². The van der Waals surface area contributed by atoms with Crippen LogP contribution >= 0.6 is 0 Å². The van der Waals surface area contributed by atoms with Crippen molar-refractivity contribution in [3.05, 3.63) is 59.5 Å². The van der Waals surface area contributed by atoms with Gasteiger partial charge in [-0.15, -0.1) is 0 Å². The molecule has 0 saturated carbocycles. The van der Waals surface area contributed by atoms with E-state index < -0.39 is 0 Å². The van der Waals surface area contributed by atoms with E-state index in [1.165, 1.54) is 17.4 Å². The van der Waals surface area contributed by atoms with Crippen molar-refractivity contribution >= 4 is 5.91 Å². The van der Waals surface area contributed by atoms with Gasteiger partial charge in [0.1, 0.15) is 0 Å². The molecule has 1 aliphatic rings. The van der Waals surface area contributed by atoms with Gasteiger partial charge in [-0.25, -0.2) is 0 Å². The van der Waals surface area contributed by atoms with E-state index in [-0.39, 0.29) is 11.9 Å². The second kappa shape index (κ2) is 4.33. The minimum absolute atomic E-state index is 0.0259. The maximum absolute atomic E-state index is 12.3. The van der Waals surface area contributed by atoms with Gasteiger partial charge in [-0.05, 0) is 36.6 Å². The Bertz CT molecular complexity index is 560. The van der Waals surface area contributed by atoms with Crippen LogP contribution in [0.15, 0.2) is 47.1 Å². The average Bonchev–Trinajstić information content (AvgIpc) is 2.91. The van der Waals surface area contributed by atoms with Crippen molar-refractivity contribution in [2.24, 2.45) is 0 Å². The molecule has 0 saturated heterocycles. The second-order valence-corrected chi connectivity index (χ2v) is 4.73. The number of amides is 1. The quantitative estimate of drug-likeness (QED) is 0.769. The Labute approximate surface area is 106 Å². The zero-order valence-electron chi connectivity index (χ0n) is 10.3. The Kier molecular flexibility index (Phi) is 2.67. The lowest BCUT2D eigenvalue weighted by molar-refractivity contribution is 0.0625. The summed E-state index contributed by atoms with van der Waals surface area (Å²) < 4.78 is 5.19. The first-order valence-electron chi connectivity index (χ1n) is 6.17. The molecule has 1 atom stereocenters. The van der Waals surface area contributed by atoms with E-state index in [2.05, 4.69) is 25.1 Å². The third-order valence-electron chi connectivity index (χ3n) is 3.50. The number of furan rings is 1. The summed E-state index contributed by atoms with van der Waals surface area (Å²) >= 11 is 0. The number of benzene rings is 1. The van der Waals surface area contributed by atoms with E-state index in [4.69, 9.17) is 4.42 Å². The highest BCUT2D eigenvalue weighted by Gasteiger charge is 2.28. The van der Waals surface area contributed by atoms with Gasteiger partial charge in [0.15, 0.2) is 5.76 Å². The van der Waals surface area contributed by atoms with Crippen LogP contribution in [0.5, 0.6) is 0 Å². The highest BCUT2D eigenvalue weighted by atomic mass is 16.3. The third-order valence-corrected chi connectivity index (χ3v) is 3.50. The fourth-order valence-electron chi connectivity index (χ4n) is 2.49. The third kappa shape index (κ3) is 1.82. The van der Waals surface area contributed by atoms with Gasteiger partial charge in [0.05, 0.1) is 6.26 Å². The van der Waals surface area contributed by atoms with Crippen LogP contribution in [0.1, 0.15) is 28.6 Å². The molecular formula is C15H15NO2. The molecule has 0 radical (unpaired) electrons. The first-order valence-corrected chi connectivity index (χ1v) is 6.17. The van der Waals surface area contributed by atoms with Crippen molar-refractivity contribution in [1.29, 1.82) is 0 Å². The van der Waals surface area contributed by atoms with Crippen LogP contribution in [-0.4, -0.2) is 16.8 Å². The van der Waals surface area contributed by atoms with Gasteiger partial charge in [0, 0.05) is 12.6 Å². The molecule has 18 heavy (non-hydrogen) atoms. The topological polar surface area (TPSA) is 33.5 Å². The van der Waals surface area contributed by atoms with Crippen molar-refractivity contribution in [1.82, 2.24) is 4.90 Å². The highest BCUT2D eigenvalue weighted by Crippen LogP contribution is 2.24. The SMILES string of the molecule is CC1Cc2ccccc2CN1C(=O)c1ccco1. The molecule has 3 rings (SSSR count). The highest BCUT2D eigenvalue weighted by molar-refractivity contribution is 5.91. The Morgan fingerprint density at radius 1 is 1.22 bits per heavy atom. The van der Waals surface area contributed by atoms with Crippen LogP contribution in [0.25, 0.3) is 0 Å². The molecule has 0 N–H and O–H groups in total. The summed E-state index contributed by atoms with van der Waals surface area (Å²) in [6.07, 6.45) is 2.44. The summed E-state index contributed by atoms with van der Waals surface area (Å²) in [4.78, 5) is 14.2. The minimum Gasteiger partial charge on any atom is -0.459 e. The minimum atomic E-state index is -0.0259. The molecule has 1 aliphatic heterocycles. The molecule has 92 valence electrons. The fraction of sp³-hybridized carbons (Fsp3) is 0.267. The fourth-order valence-corrected chi connectivity index (χ4v) is 2.49. The predicted molar refractivity (Wildman–Crippen MR) is 68.2 cm³/mol. The van der Waals surface area contributed by atoms with Gasteiger partial charge in [-0.2, -0.15) is 0 Å². The molecule has 0 spiro atoms. The van der Waals surface area contributed by atoms with Crippen LogP contribution < -0.4 is 0 Å². The number of carbonyl (C=O) groups is 1. The van der Waals surface area contributed by atoms with Crippen LogP contribution in [-0.2, 0) is 13.0 Å². The molecule has 1 aromatic heterocycles. The normalized spacial score (nSPS) is 18.5. The molecule has 0 fully saturated rings. The molecule has 1 amide bonds. The van der Waals surface area contributed by atoms with Crippen LogP contribution in [0, 0.1) is 0 Å². The zero-order valence-corrected chi connectivity index (χ0v) is 10.3. The molecule has 0 aliphatic carbocycles. The molecule has 0 bridgehead atoms. The number of fused-ring (bicyclic) bond motifs is 1. The van der Waals surface area contributed by atoms with Gasteiger partial charge in [0.2, 0.25) is 0 Å². The van der Waals surface area contributed by atoms with Crippen LogP contribution in [0.4, 0.5) is 0 Å². The van der Waals surface area contributed by atoms with E-state index in [0.717, 1.165) is 6.42 Å². The maximum Gasteiger partial charge on any atom is 0.290 e. The molecule has 2 aromatic rings. The molecule has 1 aromatic carbocycles. The summed E-state index contributed by atoms with van der Waals surface area (Å²) in [7, 11) is 0. The second-order valence-electron chi connectivity index (χ2n) is 4.73. The van der Waals surface area contributed by atoms with Gasteiger partial charge in [-0.1, -0.05) is 24.3 Å². The standard InChI is InChI=1S/C15H15NO2/c1-11-9-12-5-2-3-6-13(12)10-16(11)15(17)14-7-4-8-18-14/h2-8,11H,9-10H2,1H3. The van der Waals surface area contributed by atoms with E-state index in [1.807, 2.05) is 11.0 Å². The maximum atomic E-state index is 12.3. The van der Waals surface area contributed by atoms with Gasteiger partial charge in [0.25, 0.3) is 5.91 Å². The lowest BCUT2D eigenvalue weighted by Crippen LogP contribution is -2.42. The molecule has 3 heteroatoms. The Morgan fingerprint density at radius 3 is 2.72 bits per heavy atom. The first-order chi connectivity index (χ1) is 8.75. The van der Waals surface area contributed by atoms with Crippen molar-refractivity contribution in [3.8, 4) is 0 Å². The molecule has 3 nitrogen and oxygen atoms in total. The Morgan fingerprint density at radius 2 is 2.00 bits per heavy atom. The predicted octanol–water partition coefficient (Wildman–Crippen LogP) is 2.87. The number of carbonyl (C=O) groups excluding carboxylic acids is 1. The van der Waals surface area contributed by atoms with E-state index >= 15 is 0 Å². The summed E-state index contributed by atoms with van der Waals surface area (Å²) in [5.74, 6) is 0.392. The number of hydrogen-bond donors (Lipinski definition) is 0. The summed E-state index contributed by atoms with van der Waals surface area (Å²) in [6, 6.07) is 12.0. The number of nitrogens with zero attached hydrogens (tertiary/aromatic N) is 1.